The Balaban J connectivity index is 2.20. The summed E-state index contributed by atoms with van der Waals surface area (Å²) in [5.74, 6) is 0.927. The van der Waals surface area contributed by atoms with Crippen LogP contribution in [0.3, 0.4) is 0 Å². The zero-order valence-corrected chi connectivity index (χ0v) is 14.4. The van der Waals surface area contributed by atoms with Gasteiger partial charge < -0.3 is 9.64 Å². The third kappa shape index (κ3) is 3.44. The summed E-state index contributed by atoms with van der Waals surface area (Å²) < 4.78 is 7.79. The van der Waals surface area contributed by atoms with E-state index in [0.29, 0.717) is 23.9 Å². The van der Waals surface area contributed by atoms with Crippen LogP contribution in [0, 0.1) is 11.3 Å². The van der Waals surface area contributed by atoms with Gasteiger partial charge in [-0.3, -0.25) is 13.9 Å². The topological polar surface area (TPSA) is 80.3 Å². The maximum Gasteiger partial charge on any atom is 0.332 e. The fourth-order valence-electron chi connectivity index (χ4n) is 2.32. The monoisotopic (exact) mass is 348 g/mol. The highest BCUT2D eigenvalue weighted by Gasteiger charge is 2.18. The van der Waals surface area contributed by atoms with Crippen molar-refractivity contribution in [2.75, 3.05) is 25.1 Å². The van der Waals surface area contributed by atoms with Crippen LogP contribution >= 0.6 is 11.6 Å². The lowest BCUT2D eigenvalue weighted by molar-refractivity contribution is 0.325. The molecule has 0 atom stereocenters. The summed E-state index contributed by atoms with van der Waals surface area (Å²) >= 11 is 5.81. The summed E-state index contributed by atoms with van der Waals surface area (Å²) in [5.41, 5.74) is -1.17. The normalized spacial score (nSPS) is 10.3. The average Bonchev–Trinajstić information content (AvgIpc) is 2.57. The van der Waals surface area contributed by atoms with E-state index in [4.69, 9.17) is 16.3 Å². The number of nitrogens with zero attached hydrogens (tertiary/aromatic N) is 4. The highest BCUT2D eigenvalue weighted by Crippen LogP contribution is 2.16. The molecule has 0 unspecified atom stereocenters. The first kappa shape index (κ1) is 17.6. The first-order valence-electron chi connectivity index (χ1n) is 7.16. The lowest BCUT2D eigenvalue weighted by Crippen LogP contribution is -2.42. The fourth-order valence-corrected chi connectivity index (χ4v) is 2.44. The van der Waals surface area contributed by atoms with E-state index in [1.54, 1.807) is 36.2 Å². The van der Waals surface area contributed by atoms with Crippen LogP contribution in [-0.2, 0) is 14.1 Å². The molecule has 1 aromatic heterocycles. The van der Waals surface area contributed by atoms with Crippen LogP contribution < -0.4 is 20.9 Å². The van der Waals surface area contributed by atoms with Gasteiger partial charge in [0.25, 0.3) is 5.56 Å². The predicted molar refractivity (Wildman–Crippen MR) is 91.9 cm³/mol. The number of hydrogen-bond acceptors (Lipinski definition) is 5. The number of rotatable bonds is 5. The second-order valence-electron chi connectivity index (χ2n) is 5.24. The van der Waals surface area contributed by atoms with Gasteiger partial charge in [0.05, 0.1) is 6.54 Å². The standard InChI is InChI=1S/C16H17ClN4O3/c1-19(8-9-24-12-6-4-11(17)5-7-12)14-13(10-18)15(22)21(3)16(23)20(14)2/h4-7H,8-9H2,1-3H3. The molecule has 0 saturated carbocycles. The van der Waals surface area contributed by atoms with E-state index in [0.717, 1.165) is 4.57 Å². The number of benzene rings is 1. The lowest BCUT2D eigenvalue weighted by Gasteiger charge is -2.23. The van der Waals surface area contributed by atoms with E-state index < -0.39 is 11.2 Å². The zero-order valence-electron chi connectivity index (χ0n) is 13.6. The van der Waals surface area contributed by atoms with Crippen molar-refractivity contribution in [3.05, 3.63) is 55.7 Å². The molecule has 2 aromatic rings. The molecular weight excluding hydrogens is 332 g/mol. The summed E-state index contributed by atoms with van der Waals surface area (Å²) in [6.07, 6.45) is 0. The fraction of sp³-hybridized carbons (Fsp3) is 0.312. The third-order valence-corrected chi connectivity index (χ3v) is 3.87. The number of nitriles is 1. The van der Waals surface area contributed by atoms with Crippen molar-refractivity contribution in [3.8, 4) is 11.8 Å². The number of halogens is 1. The van der Waals surface area contributed by atoms with Crippen molar-refractivity contribution >= 4 is 17.4 Å². The molecule has 0 saturated heterocycles. The summed E-state index contributed by atoms with van der Waals surface area (Å²) in [5, 5.41) is 9.89. The lowest BCUT2D eigenvalue weighted by atomic mass is 10.3. The van der Waals surface area contributed by atoms with Crippen molar-refractivity contribution in [1.82, 2.24) is 9.13 Å². The van der Waals surface area contributed by atoms with Gasteiger partial charge in [-0.15, -0.1) is 0 Å². The summed E-state index contributed by atoms with van der Waals surface area (Å²) in [4.78, 5) is 25.8. The minimum Gasteiger partial charge on any atom is -0.492 e. The highest BCUT2D eigenvalue weighted by atomic mass is 35.5. The number of anilines is 1. The Hall–Kier alpha value is -2.72. The minimum atomic E-state index is -0.610. The quantitative estimate of drug-likeness (QED) is 0.809. The van der Waals surface area contributed by atoms with Gasteiger partial charge in [-0.25, -0.2) is 4.79 Å². The zero-order chi connectivity index (χ0) is 17.9. The van der Waals surface area contributed by atoms with E-state index in [2.05, 4.69) is 0 Å². The summed E-state index contributed by atoms with van der Waals surface area (Å²) in [6.45, 7) is 0.699. The van der Waals surface area contributed by atoms with Crippen LogP contribution in [0.1, 0.15) is 5.56 Å². The summed E-state index contributed by atoms with van der Waals surface area (Å²) in [7, 11) is 4.56. The van der Waals surface area contributed by atoms with Crippen molar-refractivity contribution in [2.45, 2.75) is 0 Å². The first-order chi connectivity index (χ1) is 11.4. The van der Waals surface area contributed by atoms with Gasteiger partial charge in [0.15, 0.2) is 5.56 Å². The molecule has 0 spiro atoms. The maximum atomic E-state index is 12.1. The van der Waals surface area contributed by atoms with Gasteiger partial charge in [0.1, 0.15) is 24.2 Å². The number of aromatic nitrogens is 2. The van der Waals surface area contributed by atoms with Gasteiger partial charge in [-0.05, 0) is 24.3 Å². The molecule has 0 aliphatic carbocycles. The minimum absolute atomic E-state index is 0.0754. The van der Waals surface area contributed by atoms with Gasteiger partial charge in [0.2, 0.25) is 0 Å². The highest BCUT2D eigenvalue weighted by molar-refractivity contribution is 6.30. The molecule has 0 N–H and O–H groups in total. The largest absolute Gasteiger partial charge is 0.492 e. The van der Waals surface area contributed by atoms with Crippen LogP contribution in [0.15, 0.2) is 33.9 Å². The molecule has 126 valence electrons. The molecule has 0 aliphatic rings. The predicted octanol–water partition coefficient (Wildman–Crippen LogP) is 1.12. The Bertz CT molecular complexity index is 894. The number of hydrogen-bond donors (Lipinski definition) is 0. The molecule has 0 radical (unpaired) electrons. The van der Waals surface area contributed by atoms with Crippen molar-refractivity contribution in [1.29, 1.82) is 5.26 Å². The number of ether oxygens (including phenoxy) is 1. The number of likely N-dealkylation sites (N-methyl/N-ethyl adjacent to an activating group) is 1. The Morgan fingerprint density at radius 2 is 1.83 bits per heavy atom. The Morgan fingerprint density at radius 1 is 1.21 bits per heavy atom. The molecule has 0 bridgehead atoms. The van der Waals surface area contributed by atoms with Gasteiger partial charge in [0, 0.05) is 26.2 Å². The average molecular weight is 349 g/mol. The van der Waals surface area contributed by atoms with Gasteiger partial charge >= 0.3 is 5.69 Å². The molecule has 1 aromatic carbocycles. The molecular formula is C16H17ClN4O3. The van der Waals surface area contributed by atoms with Crippen LogP contribution in [0.5, 0.6) is 5.75 Å². The Kier molecular flexibility index (Phi) is 5.31. The third-order valence-electron chi connectivity index (χ3n) is 3.62. The van der Waals surface area contributed by atoms with Gasteiger partial charge in [-0.2, -0.15) is 5.26 Å². The van der Waals surface area contributed by atoms with Crippen molar-refractivity contribution in [2.24, 2.45) is 14.1 Å². The van der Waals surface area contributed by atoms with E-state index >= 15 is 0 Å². The maximum absolute atomic E-state index is 12.1. The van der Waals surface area contributed by atoms with E-state index in [9.17, 15) is 14.9 Å². The van der Waals surface area contributed by atoms with E-state index in [-0.39, 0.29) is 11.4 Å². The molecule has 8 heteroatoms. The van der Waals surface area contributed by atoms with Gasteiger partial charge in [-0.1, -0.05) is 11.6 Å². The molecule has 0 fully saturated rings. The van der Waals surface area contributed by atoms with E-state index in [1.807, 2.05) is 6.07 Å². The van der Waals surface area contributed by atoms with Crippen LogP contribution in [0.2, 0.25) is 5.02 Å². The second-order valence-corrected chi connectivity index (χ2v) is 5.68. The van der Waals surface area contributed by atoms with E-state index in [1.165, 1.54) is 18.7 Å². The van der Waals surface area contributed by atoms with Crippen LogP contribution in [0.25, 0.3) is 0 Å². The van der Waals surface area contributed by atoms with Crippen molar-refractivity contribution < 1.29 is 4.74 Å². The molecule has 2 rings (SSSR count). The molecule has 7 nitrogen and oxygen atoms in total. The summed E-state index contributed by atoms with van der Waals surface area (Å²) in [6, 6.07) is 8.81. The molecule has 0 amide bonds. The molecule has 0 aliphatic heterocycles. The second kappa shape index (κ2) is 7.23. The Morgan fingerprint density at radius 3 is 2.42 bits per heavy atom. The molecule has 24 heavy (non-hydrogen) atoms. The Labute approximate surface area is 143 Å². The SMILES string of the molecule is CN(CCOc1ccc(Cl)cc1)c1c(C#N)c(=O)n(C)c(=O)n1C. The first-order valence-corrected chi connectivity index (χ1v) is 7.54. The van der Waals surface area contributed by atoms with Crippen LogP contribution in [-0.4, -0.2) is 29.3 Å². The molecule has 1 heterocycles. The smallest absolute Gasteiger partial charge is 0.332 e. The van der Waals surface area contributed by atoms with Crippen LogP contribution in [0.4, 0.5) is 5.82 Å². The van der Waals surface area contributed by atoms with Crippen molar-refractivity contribution in [3.63, 3.8) is 0 Å².